The zero-order chi connectivity index (χ0) is 14.4. The molecule has 0 aliphatic carbocycles. The average molecular weight is 270 g/mol. The summed E-state index contributed by atoms with van der Waals surface area (Å²) in [5.74, 6) is -0.0794. The number of aliphatic imine (C=N–C) groups is 1. The molecule has 0 saturated heterocycles. The van der Waals surface area contributed by atoms with Crippen LogP contribution in [0.3, 0.4) is 0 Å². The van der Waals surface area contributed by atoms with E-state index in [1.54, 1.807) is 19.2 Å². The summed E-state index contributed by atoms with van der Waals surface area (Å²) in [6.07, 6.45) is 0. The van der Waals surface area contributed by atoms with Gasteiger partial charge in [0.15, 0.2) is 0 Å². The zero-order valence-corrected chi connectivity index (χ0v) is 11.0. The first-order valence-electron chi connectivity index (χ1n) is 6.08. The fourth-order valence-electron chi connectivity index (χ4n) is 1.66. The Bertz CT molecular complexity index is 618. The van der Waals surface area contributed by atoms with Gasteiger partial charge in [0.1, 0.15) is 5.82 Å². The highest BCUT2D eigenvalue weighted by atomic mass is 19.1. The topological polar surface area (TPSA) is 62.8 Å². The largest absolute Gasteiger partial charge is 0.369 e. The van der Waals surface area contributed by atoms with Crippen LogP contribution in [0.5, 0.6) is 0 Å². The molecule has 2 aromatic rings. The number of hydrogen-bond donors (Lipinski definition) is 2. The predicted molar refractivity (Wildman–Crippen MR) is 79.2 cm³/mol. The standard InChI is InChI=1S/C15H15FN4/c1-18-15(17)20-19-14(11-5-3-2-4-6-11)12-7-9-13(16)10-8-12/h2-10H,1H3,(H3,17,18,20)/b19-14+. The van der Waals surface area contributed by atoms with Gasteiger partial charge in [-0.25, -0.2) is 9.82 Å². The Balaban J connectivity index is 2.41. The molecular weight excluding hydrogens is 255 g/mol. The second-order valence-electron chi connectivity index (χ2n) is 4.05. The number of hydrazone groups is 1. The molecule has 0 heterocycles. The molecule has 0 aromatic heterocycles. The molecule has 0 saturated carbocycles. The highest BCUT2D eigenvalue weighted by molar-refractivity contribution is 6.13. The van der Waals surface area contributed by atoms with Gasteiger partial charge in [-0.05, 0) is 24.3 Å². The Morgan fingerprint density at radius 3 is 2.20 bits per heavy atom. The first-order chi connectivity index (χ1) is 9.70. The molecule has 0 unspecified atom stereocenters. The number of halogens is 1. The van der Waals surface area contributed by atoms with Crippen LogP contribution in [0.4, 0.5) is 4.39 Å². The molecule has 4 nitrogen and oxygen atoms in total. The minimum absolute atomic E-state index is 0.209. The van der Waals surface area contributed by atoms with E-state index >= 15 is 0 Å². The van der Waals surface area contributed by atoms with E-state index in [4.69, 9.17) is 5.73 Å². The van der Waals surface area contributed by atoms with E-state index in [-0.39, 0.29) is 11.8 Å². The van der Waals surface area contributed by atoms with Gasteiger partial charge < -0.3 is 5.73 Å². The summed E-state index contributed by atoms with van der Waals surface area (Å²) in [6, 6.07) is 15.7. The Morgan fingerprint density at radius 2 is 1.60 bits per heavy atom. The van der Waals surface area contributed by atoms with Crippen molar-refractivity contribution < 1.29 is 4.39 Å². The number of hydrogen-bond acceptors (Lipinski definition) is 2. The van der Waals surface area contributed by atoms with Gasteiger partial charge in [-0.2, -0.15) is 5.10 Å². The Hall–Kier alpha value is -2.69. The van der Waals surface area contributed by atoms with Crippen LogP contribution >= 0.6 is 0 Å². The summed E-state index contributed by atoms with van der Waals surface area (Å²) in [5, 5.41) is 4.25. The monoisotopic (exact) mass is 270 g/mol. The lowest BCUT2D eigenvalue weighted by Gasteiger charge is -2.08. The molecule has 0 fully saturated rings. The van der Waals surface area contributed by atoms with Crippen molar-refractivity contribution in [1.82, 2.24) is 5.43 Å². The molecule has 102 valence electrons. The minimum atomic E-state index is -0.288. The molecule has 5 heteroatoms. The van der Waals surface area contributed by atoms with Gasteiger partial charge in [-0.1, -0.05) is 30.3 Å². The molecule has 0 spiro atoms. The van der Waals surface area contributed by atoms with Crippen LogP contribution in [0.25, 0.3) is 0 Å². The Kier molecular flexibility index (Phi) is 4.44. The molecule has 0 amide bonds. The summed E-state index contributed by atoms with van der Waals surface area (Å²) in [6.45, 7) is 0. The van der Waals surface area contributed by atoms with Crippen molar-refractivity contribution in [3.63, 3.8) is 0 Å². The third-order valence-corrected chi connectivity index (χ3v) is 2.69. The highest BCUT2D eigenvalue weighted by Gasteiger charge is 2.07. The van der Waals surface area contributed by atoms with Crippen LogP contribution in [-0.4, -0.2) is 18.7 Å². The normalized spacial score (nSPS) is 12.3. The average Bonchev–Trinajstić information content (AvgIpc) is 2.50. The minimum Gasteiger partial charge on any atom is -0.369 e. The lowest BCUT2D eigenvalue weighted by Crippen LogP contribution is -2.28. The van der Waals surface area contributed by atoms with Gasteiger partial charge in [-0.3, -0.25) is 4.99 Å². The SMILES string of the molecule is CN=C(N)N/N=C(\c1ccccc1)c1ccc(F)cc1. The summed E-state index contributed by atoms with van der Waals surface area (Å²) >= 11 is 0. The maximum absolute atomic E-state index is 13.0. The number of nitrogens with one attached hydrogen (secondary N) is 1. The maximum atomic E-state index is 13.0. The molecule has 0 aliphatic heterocycles. The molecule has 20 heavy (non-hydrogen) atoms. The first-order valence-corrected chi connectivity index (χ1v) is 6.08. The van der Waals surface area contributed by atoms with Gasteiger partial charge in [0.25, 0.3) is 0 Å². The van der Waals surface area contributed by atoms with Crippen LogP contribution < -0.4 is 11.2 Å². The van der Waals surface area contributed by atoms with Crippen molar-refractivity contribution in [2.24, 2.45) is 15.8 Å². The third-order valence-electron chi connectivity index (χ3n) is 2.69. The smallest absolute Gasteiger partial charge is 0.209 e. The first kappa shape index (κ1) is 13.7. The van der Waals surface area contributed by atoms with E-state index in [2.05, 4.69) is 15.5 Å². The maximum Gasteiger partial charge on any atom is 0.209 e. The Labute approximate surface area is 116 Å². The van der Waals surface area contributed by atoms with Gasteiger partial charge in [0, 0.05) is 18.2 Å². The second-order valence-corrected chi connectivity index (χ2v) is 4.05. The molecule has 0 radical (unpaired) electrons. The van der Waals surface area contributed by atoms with E-state index < -0.39 is 0 Å². The van der Waals surface area contributed by atoms with Crippen molar-refractivity contribution in [3.05, 3.63) is 71.5 Å². The molecule has 2 aromatic carbocycles. The zero-order valence-electron chi connectivity index (χ0n) is 11.0. The van der Waals surface area contributed by atoms with Crippen LogP contribution in [0, 0.1) is 5.82 Å². The van der Waals surface area contributed by atoms with E-state index in [9.17, 15) is 4.39 Å². The van der Waals surface area contributed by atoms with E-state index in [1.165, 1.54) is 12.1 Å². The molecule has 0 atom stereocenters. The number of guanidine groups is 1. The van der Waals surface area contributed by atoms with E-state index in [0.717, 1.165) is 11.1 Å². The van der Waals surface area contributed by atoms with Crippen molar-refractivity contribution in [2.45, 2.75) is 0 Å². The lowest BCUT2D eigenvalue weighted by molar-refractivity contribution is 0.628. The van der Waals surface area contributed by atoms with E-state index in [1.807, 2.05) is 30.3 Å². The number of rotatable bonds is 3. The van der Waals surface area contributed by atoms with Crippen molar-refractivity contribution >= 4 is 11.7 Å². The van der Waals surface area contributed by atoms with Gasteiger partial charge >= 0.3 is 0 Å². The lowest BCUT2D eigenvalue weighted by atomic mass is 10.0. The summed E-state index contributed by atoms with van der Waals surface area (Å²) in [5.41, 5.74) is 10.6. The van der Waals surface area contributed by atoms with Crippen molar-refractivity contribution in [1.29, 1.82) is 0 Å². The number of benzene rings is 2. The van der Waals surface area contributed by atoms with Gasteiger partial charge in [0.2, 0.25) is 5.96 Å². The van der Waals surface area contributed by atoms with Gasteiger partial charge in [-0.15, -0.1) is 0 Å². The van der Waals surface area contributed by atoms with Gasteiger partial charge in [0.05, 0.1) is 5.71 Å². The van der Waals surface area contributed by atoms with Crippen LogP contribution in [0.1, 0.15) is 11.1 Å². The van der Waals surface area contributed by atoms with Crippen LogP contribution in [0.2, 0.25) is 0 Å². The summed E-state index contributed by atoms with van der Waals surface area (Å²) in [4.78, 5) is 3.78. The Morgan fingerprint density at radius 1 is 1.00 bits per heavy atom. The van der Waals surface area contributed by atoms with Crippen LogP contribution in [-0.2, 0) is 0 Å². The molecular formula is C15H15FN4. The van der Waals surface area contributed by atoms with Crippen LogP contribution in [0.15, 0.2) is 64.7 Å². The molecule has 2 rings (SSSR count). The fourth-order valence-corrected chi connectivity index (χ4v) is 1.66. The predicted octanol–water partition coefficient (Wildman–Crippen LogP) is 2.11. The molecule has 0 aliphatic rings. The van der Waals surface area contributed by atoms with Crippen molar-refractivity contribution in [2.75, 3.05) is 7.05 Å². The summed E-state index contributed by atoms with van der Waals surface area (Å²) < 4.78 is 13.0. The fraction of sp³-hybridized carbons (Fsp3) is 0.0667. The quantitative estimate of drug-likeness (QED) is 0.510. The molecule has 0 bridgehead atoms. The number of nitrogens with two attached hydrogens (primary N) is 1. The molecule has 3 N–H and O–H groups in total. The van der Waals surface area contributed by atoms with Crippen molar-refractivity contribution in [3.8, 4) is 0 Å². The highest BCUT2D eigenvalue weighted by Crippen LogP contribution is 2.11. The number of nitrogens with zero attached hydrogens (tertiary/aromatic N) is 2. The second kappa shape index (κ2) is 6.47. The summed E-state index contributed by atoms with van der Waals surface area (Å²) in [7, 11) is 1.57. The van der Waals surface area contributed by atoms with E-state index in [0.29, 0.717) is 5.71 Å². The third kappa shape index (κ3) is 3.41.